The Hall–Kier alpha value is 1.48. The molecule has 100 heavy (non-hydrogen) atoms. The fraction of sp³-hybridized carbons (Fsp3) is 0.600. The van der Waals surface area contributed by atoms with Gasteiger partial charge in [-0.05, 0) is 133 Å². The van der Waals surface area contributed by atoms with E-state index in [0.29, 0.717) is 0 Å². The summed E-state index contributed by atoms with van der Waals surface area (Å²) in [6, 6.07) is 18.8. The van der Waals surface area contributed by atoms with E-state index in [9.17, 15) is 0 Å². The van der Waals surface area contributed by atoms with Crippen molar-refractivity contribution in [1.29, 1.82) is 0 Å². The third kappa shape index (κ3) is 30.6. The number of rotatable bonds is 54. The number of benzene rings is 2. The van der Waals surface area contributed by atoms with E-state index >= 15 is 0 Å². The molecule has 2 aromatic heterocycles. The largest absolute Gasteiger partial charge is 0.223 e. The van der Waals surface area contributed by atoms with Crippen molar-refractivity contribution in [2.75, 3.05) is 46.0 Å². The number of thiazole rings is 2. The van der Waals surface area contributed by atoms with Gasteiger partial charge in [0.1, 0.15) is 10.0 Å². The molecule has 0 amide bonds. The highest BCUT2D eigenvalue weighted by Crippen LogP contribution is 2.64. The zero-order valence-corrected chi connectivity index (χ0v) is 76.0. The van der Waals surface area contributed by atoms with Gasteiger partial charge in [-0.25, -0.2) is 9.97 Å². The normalized spacial score (nSPS) is 15.2. The number of allylic oxidation sites excluding steroid dienone is 4. The van der Waals surface area contributed by atoms with Gasteiger partial charge >= 0.3 is 0 Å². The van der Waals surface area contributed by atoms with Gasteiger partial charge in [0.15, 0.2) is 9.66 Å². The van der Waals surface area contributed by atoms with Crippen LogP contribution in [0.2, 0.25) is 0 Å². The molecule has 4 aliphatic rings. The van der Waals surface area contributed by atoms with E-state index in [1.54, 1.807) is 22.7 Å². The second-order valence-corrected chi connectivity index (χ2v) is 47.7. The lowest BCUT2D eigenvalue weighted by Crippen LogP contribution is -1.87. The molecule has 8 rings (SSSR count). The summed E-state index contributed by atoms with van der Waals surface area (Å²) >= 11 is 36.9. The highest BCUT2D eigenvalue weighted by molar-refractivity contribution is 8.43. The predicted octanol–water partition coefficient (Wildman–Crippen LogP) is 35.0. The minimum atomic E-state index is 1.03. The number of hydrogen-bond acceptors (Lipinski definition) is 20. The van der Waals surface area contributed by atoms with E-state index in [2.05, 4.69) is 257 Å². The summed E-state index contributed by atoms with van der Waals surface area (Å²) in [4.78, 5) is 13.1. The molecule has 0 bridgehead atoms. The summed E-state index contributed by atoms with van der Waals surface area (Å²) in [5.74, 6) is 9.59. The van der Waals surface area contributed by atoms with Crippen LogP contribution in [-0.4, -0.2) is 56.0 Å². The van der Waals surface area contributed by atoms with Crippen LogP contribution < -0.4 is 0 Å². The minimum Gasteiger partial charge on any atom is -0.223 e. The van der Waals surface area contributed by atoms with Gasteiger partial charge in [-0.2, -0.15) is 0 Å². The van der Waals surface area contributed by atoms with Crippen molar-refractivity contribution in [2.45, 2.75) is 261 Å². The van der Waals surface area contributed by atoms with Crippen molar-refractivity contribution in [3.05, 3.63) is 123 Å². The van der Waals surface area contributed by atoms with E-state index in [4.69, 9.17) is 9.97 Å². The molecule has 2 nitrogen and oxygen atoms in total. The average Bonchev–Trinajstić information content (AvgIpc) is 1.67. The molecular weight excluding hydrogens is 1570 g/mol. The van der Waals surface area contributed by atoms with Crippen LogP contribution in [0.15, 0.2) is 112 Å². The number of aromatic nitrogens is 2. The topological polar surface area (TPSA) is 25.8 Å². The number of hydrogen-bond donors (Lipinski definition) is 0. The Morgan fingerprint density at radius 1 is 0.290 bits per heavy atom. The minimum absolute atomic E-state index is 1.03. The van der Waals surface area contributed by atoms with Crippen molar-refractivity contribution >= 4 is 232 Å². The first kappa shape index (κ1) is 87.1. The molecule has 4 aromatic rings. The zero-order valence-electron chi connectivity index (χ0n) is 61.3. The van der Waals surface area contributed by atoms with E-state index in [1.165, 1.54) is 336 Å². The lowest BCUT2D eigenvalue weighted by atomic mass is 10.0. The molecule has 0 N–H and O–H groups in total. The van der Waals surface area contributed by atoms with Crippen LogP contribution in [0, 0.1) is 0 Å². The molecule has 0 unspecified atom stereocenters. The molecule has 0 radical (unpaired) electrons. The number of thioether (sulfide) groups is 16. The van der Waals surface area contributed by atoms with Gasteiger partial charge in [0.05, 0.1) is 50.8 Å². The molecule has 0 spiro atoms. The monoisotopic (exact) mass is 1680 g/mol. The van der Waals surface area contributed by atoms with E-state index in [-0.39, 0.29) is 0 Å². The Bertz CT molecular complexity index is 2990. The van der Waals surface area contributed by atoms with Gasteiger partial charge < -0.3 is 0 Å². The van der Waals surface area contributed by atoms with Crippen molar-refractivity contribution in [3.63, 3.8) is 0 Å². The van der Waals surface area contributed by atoms with Crippen LogP contribution in [0.25, 0.3) is 41.9 Å². The number of unbranched alkanes of at least 4 members (excludes halogenated alkanes) is 24. The summed E-state index contributed by atoms with van der Waals surface area (Å²) in [6.45, 7) is 18.6. The lowest BCUT2D eigenvalue weighted by molar-refractivity contribution is 0.707. The van der Waals surface area contributed by atoms with Gasteiger partial charge in [0.25, 0.3) is 0 Å². The molecule has 0 saturated carbocycles. The first-order chi connectivity index (χ1) is 49.3. The van der Waals surface area contributed by atoms with Gasteiger partial charge in [-0.1, -0.05) is 363 Å². The molecule has 2 aromatic carbocycles. The van der Waals surface area contributed by atoms with Gasteiger partial charge in [0, 0.05) is 22.3 Å². The molecule has 4 aliphatic heterocycles. The van der Waals surface area contributed by atoms with Gasteiger partial charge in [0.2, 0.25) is 0 Å². The molecular formula is C80H114N2S18. The highest BCUT2D eigenvalue weighted by atomic mass is 32.3. The fourth-order valence-electron chi connectivity index (χ4n) is 11.0. The maximum Gasteiger partial charge on any atom is 0.155 e. The van der Waals surface area contributed by atoms with E-state index in [0.717, 1.165) is 19.7 Å². The van der Waals surface area contributed by atoms with Gasteiger partial charge in [-0.3, -0.25) is 0 Å². The predicted molar refractivity (Wildman–Crippen MR) is 498 cm³/mol. The Kier molecular flexibility index (Phi) is 45.8. The molecule has 0 saturated heterocycles. The SMILES string of the molecule is CCCCCCSC1=C(SCCCCCC)SC(=CC(=C2SC(SCCCCCC)=C(SCCCCCC)S2)c2cccc(-c3nc4sc(-c5cccc(C(C=C6SC(SCCCCCC)=C(SCCCCCC)S6)=C6SC(SCCCCCC)=C(SCCCCCC)S6)c5)nc4s3)c2)S1. The second kappa shape index (κ2) is 52.6. The van der Waals surface area contributed by atoms with Crippen LogP contribution in [0.1, 0.15) is 272 Å². The highest BCUT2D eigenvalue weighted by Gasteiger charge is 2.31. The Balaban J connectivity index is 1.11. The summed E-state index contributed by atoms with van der Waals surface area (Å²) in [5, 5.41) is 2.10. The Labute approximate surface area is 684 Å². The number of fused-ring (bicyclic) bond motifs is 1. The van der Waals surface area contributed by atoms with Crippen LogP contribution in [0.4, 0.5) is 0 Å². The van der Waals surface area contributed by atoms with E-state index < -0.39 is 0 Å². The quantitative estimate of drug-likeness (QED) is 0.0392. The van der Waals surface area contributed by atoms with Crippen molar-refractivity contribution in [2.24, 2.45) is 0 Å². The van der Waals surface area contributed by atoms with Crippen LogP contribution in [-0.2, 0) is 0 Å². The third-order valence-electron chi connectivity index (χ3n) is 16.8. The average molecular weight is 1680 g/mol. The third-order valence-corrected chi connectivity index (χ3v) is 41.5. The zero-order chi connectivity index (χ0) is 70.2. The lowest BCUT2D eigenvalue weighted by Gasteiger charge is -2.11. The standard InChI is InChI=1S/C80H114N2S18/c1-9-17-25-33-47-83-73-74(84-48-34-26-18-10-2)92-65(91-73)57-63(71-97-77(87-51-37-29-21-13-5)78(98-71)88-52-38-30-22-14-6)59-43-41-45-61(55-59)67-81-69-70(95-67)82-68(96-69)62-46-42-44-60(56-62)64(72-99-79(89-53-39-31-23-15-7)80(100-72)90-54-40-32-24-16-8)58-66-93-75(85-49-35-27-19-11-3)76(94-66)86-50-36-28-20-12-4/h41-46,55-58H,9-40,47-54H2,1-8H3. The molecule has 6 heterocycles. The van der Waals surface area contributed by atoms with Crippen LogP contribution >= 0.6 is 211 Å². The van der Waals surface area contributed by atoms with Crippen molar-refractivity contribution in [1.82, 2.24) is 9.97 Å². The summed E-state index contributed by atoms with van der Waals surface area (Å²) in [5.41, 5.74) is 7.64. The fourth-order valence-corrected chi connectivity index (χ4v) is 36.9. The molecule has 0 fully saturated rings. The van der Waals surface area contributed by atoms with Crippen molar-refractivity contribution < 1.29 is 0 Å². The first-order valence-electron chi connectivity index (χ1n) is 38.1. The molecule has 0 aliphatic carbocycles. The molecule has 552 valence electrons. The molecule has 0 atom stereocenters. The summed E-state index contributed by atoms with van der Waals surface area (Å²) in [7, 11) is 0. The van der Waals surface area contributed by atoms with Crippen LogP contribution in [0.3, 0.4) is 0 Å². The summed E-state index contributed by atoms with van der Waals surface area (Å²) in [6.07, 6.45) is 47.0. The Morgan fingerprint density at radius 2 is 0.520 bits per heavy atom. The van der Waals surface area contributed by atoms with Crippen molar-refractivity contribution in [3.8, 4) is 21.1 Å². The second-order valence-electron chi connectivity index (χ2n) is 25.5. The van der Waals surface area contributed by atoms with E-state index in [1.807, 2.05) is 47.0 Å². The van der Waals surface area contributed by atoms with Gasteiger partial charge in [-0.15, -0.1) is 94.1 Å². The number of nitrogens with zero attached hydrogens (tertiary/aromatic N) is 2. The maximum absolute atomic E-state index is 5.50. The summed E-state index contributed by atoms with van der Waals surface area (Å²) < 4.78 is 17.9. The smallest absolute Gasteiger partial charge is 0.155 e. The Morgan fingerprint density at radius 3 is 0.750 bits per heavy atom. The molecule has 20 heteroatoms. The van der Waals surface area contributed by atoms with Crippen LogP contribution in [0.5, 0.6) is 0 Å². The maximum atomic E-state index is 5.50. The first-order valence-corrected chi connectivity index (χ1v) is 54.2.